The van der Waals surface area contributed by atoms with Gasteiger partial charge in [0.2, 0.25) is 5.91 Å². The van der Waals surface area contributed by atoms with E-state index in [1.165, 1.54) is 0 Å². The van der Waals surface area contributed by atoms with Crippen LogP contribution in [-0.2, 0) is 9.53 Å². The summed E-state index contributed by atoms with van der Waals surface area (Å²) in [6, 6.07) is 5.19. The highest BCUT2D eigenvalue weighted by Crippen LogP contribution is 2.30. The van der Waals surface area contributed by atoms with Gasteiger partial charge in [-0.3, -0.25) is 4.79 Å². The van der Waals surface area contributed by atoms with Crippen LogP contribution in [0.1, 0.15) is 32.3 Å². The van der Waals surface area contributed by atoms with Gasteiger partial charge in [0, 0.05) is 6.54 Å². The van der Waals surface area contributed by atoms with Crippen LogP contribution in [0.25, 0.3) is 0 Å². The van der Waals surface area contributed by atoms with Crippen molar-refractivity contribution in [1.82, 2.24) is 10.6 Å². The third-order valence-corrected chi connectivity index (χ3v) is 4.59. The maximum atomic E-state index is 12.4. The second kappa shape index (κ2) is 9.42. The molecule has 1 atom stereocenters. The van der Waals surface area contributed by atoms with Crippen molar-refractivity contribution < 1.29 is 19.4 Å². The summed E-state index contributed by atoms with van der Waals surface area (Å²) in [7, 11) is 0. The molecule has 7 nitrogen and oxygen atoms in total. The SMILES string of the molecule is CC(C)(C)OC(=O)NC[C@H](C(=O)NCC#N)c1cc(I)c(O)c(I)c1. The van der Waals surface area contributed by atoms with Crippen LogP contribution in [0, 0.1) is 18.5 Å². The Labute approximate surface area is 173 Å². The lowest BCUT2D eigenvalue weighted by Crippen LogP contribution is -2.39. The van der Waals surface area contributed by atoms with Gasteiger partial charge in [0.15, 0.2) is 0 Å². The highest BCUT2D eigenvalue weighted by molar-refractivity contribution is 14.1. The summed E-state index contributed by atoms with van der Waals surface area (Å²) >= 11 is 3.94. The van der Waals surface area contributed by atoms with Crippen molar-refractivity contribution in [3.05, 3.63) is 24.8 Å². The molecule has 0 aliphatic carbocycles. The summed E-state index contributed by atoms with van der Waals surface area (Å²) in [6.45, 7) is 5.11. The van der Waals surface area contributed by atoms with Crippen molar-refractivity contribution in [1.29, 1.82) is 5.26 Å². The summed E-state index contributed by atoms with van der Waals surface area (Å²) in [5.74, 6) is -0.973. The second-order valence-corrected chi connectivity index (χ2v) is 8.47. The molecule has 2 amide bonds. The van der Waals surface area contributed by atoms with Crippen molar-refractivity contribution in [2.24, 2.45) is 0 Å². The first-order chi connectivity index (χ1) is 11.5. The van der Waals surface area contributed by atoms with E-state index in [2.05, 4.69) is 10.6 Å². The van der Waals surface area contributed by atoms with Crippen LogP contribution in [-0.4, -0.2) is 35.8 Å². The van der Waals surface area contributed by atoms with E-state index in [0.29, 0.717) is 12.7 Å². The molecule has 0 spiro atoms. The van der Waals surface area contributed by atoms with E-state index in [4.69, 9.17) is 10.00 Å². The van der Waals surface area contributed by atoms with Gasteiger partial charge in [0.1, 0.15) is 17.9 Å². The number of nitrogens with zero attached hydrogens (tertiary/aromatic N) is 1. The van der Waals surface area contributed by atoms with Crippen molar-refractivity contribution in [2.75, 3.05) is 13.1 Å². The molecule has 0 unspecified atom stereocenters. The highest BCUT2D eigenvalue weighted by atomic mass is 127. The van der Waals surface area contributed by atoms with E-state index < -0.39 is 23.5 Å². The quantitative estimate of drug-likeness (QED) is 0.372. The number of benzene rings is 1. The Balaban J connectivity index is 3.00. The Morgan fingerprint density at radius 2 is 1.84 bits per heavy atom. The number of halogens is 2. The van der Waals surface area contributed by atoms with Gasteiger partial charge in [-0.15, -0.1) is 0 Å². The molecule has 3 N–H and O–H groups in total. The van der Waals surface area contributed by atoms with Crippen molar-refractivity contribution in [3.8, 4) is 11.8 Å². The van der Waals surface area contributed by atoms with E-state index in [0.717, 1.165) is 0 Å². The van der Waals surface area contributed by atoms with E-state index in [9.17, 15) is 14.7 Å². The number of ether oxygens (including phenoxy) is 1. The van der Waals surface area contributed by atoms with Crippen LogP contribution in [0.2, 0.25) is 0 Å². The number of carbonyl (C=O) groups is 2. The number of carbonyl (C=O) groups excluding carboxylic acids is 2. The molecular weight excluding hydrogens is 552 g/mol. The number of rotatable bonds is 5. The summed E-state index contributed by atoms with van der Waals surface area (Å²) in [5, 5.41) is 23.6. The zero-order chi connectivity index (χ0) is 19.2. The monoisotopic (exact) mass is 571 g/mol. The normalized spacial score (nSPS) is 12.0. The van der Waals surface area contributed by atoms with Gasteiger partial charge >= 0.3 is 6.09 Å². The minimum atomic E-state index is -0.719. The Bertz CT molecular complexity index is 673. The molecule has 0 heterocycles. The Morgan fingerprint density at radius 1 is 1.28 bits per heavy atom. The zero-order valence-electron chi connectivity index (χ0n) is 14.0. The van der Waals surface area contributed by atoms with Crippen LogP contribution in [0.5, 0.6) is 5.75 Å². The highest BCUT2D eigenvalue weighted by Gasteiger charge is 2.24. The van der Waals surface area contributed by atoms with E-state index in [1.807, 2.05) is 51.3 Å². The van der Waals surface area contributed by atoms with Crippen LogP contribution < -0.4 is 10.6 Å². The molecule has 25 heavy (non-hydrogen) atoms. The average Bonchev–Trinajstić information content (AvgIpc) is 2.48. The minimum Gasteiger partial charge on any atom is -0.506 e. The lowest BCUT2D eigenvalue weighted by atomic mass is 9.98. The lowest BCUT2D eigenvalue weighted by Gasteiger charge is -2.22. The fourth-order valence-corrected chi connectivity index (χ4v) is 3.71. The van der Waals surface area contributed by atoms with Gasteiger partial charge in [-0.25, -0.2) is 4.79 Å². The Hall–Kier alpha value is -1.29. The maximum Gasteiger partial charge on any atom is 0.407 e. The third kappa shape index (κ3) is 7.23. The van der Waals surface area contributed by atoms with Crippen LogP contribution in [0.4, 0.5) is 4.79 Å². The van der Waals surface area contributed by atoms with Gasteiger partial charge in [-0.05, 0) is 83.6 Å². The molecule has 0 aliphatic heterocycles. The molecule has 0 saturated heterocycles. The van der Waals surface area contributed by atoms with Crippen molar-refractivity contribution in [2.45, 2.75) is 32.3 Å². The molecule has 9 heteroatoms. The van der Waals surface area contributed by atoms with E-state index >= 15 is 0 Å². The molecule has 0 aliphatic rings. The summed E-state index contributed by atoms with van der Waals surface area (Å²) < 4.78 is 6.36. The number of hydrogen-bond donors (Lipinski definition) is 3. The van der Waals surface area contributed by atoms with Gasteiger partial charge < -0.3 is 20.5 Å². The van der Waals surface area contributed by atoms with Gasteiger partial charge in [-0.2, -0.15) is 5.26 Å². The summed E-state index contributed by atoms with van der Waals surface area (Å²) in [6.07, 6.45) is -0.631. The predicted octanol–water partition coefficient (Wildman–Crippen LogP) is 2.85. The first kappa shape index (κ1) is 21.8. The lowest BCUT2D eigenvalue weighted by molar-refractivity contribution is -0.122. The minimum absolute atomic E-state index is 0.00309. The van der Waals surface area contributed by atoms with Gasteiger partial charge in [0.05, 0.1) is 19.1 Å². The molecular formula is C16H19I2N3O4. The van der Waals surface area contributed by atoms with Crippen molar-refractivity contribution >= 4 is 57.2 Å². The molecule has 0 bridgehead atoms. The fourth-order valence-electron chi connectivity index (χ4n) is 1.90. The molecule has 0 aromatic heterocycles. The van der Waals surface area contributed by atoms with Crippen LogP contribution in [0.3, 0.4) is 0 Å². The summed E-state index contributed by atoms with van der Waals surface area (Å²) in [5.41, 5.74) is -0.0236. The number of nitrogens with one attached hydrogen (secondary N) is 2. The van der Waals surface area contributed by atoms with Gasteiger partial charge in [-0.1, -0.05) is 0 Å². The number of phenolic OH excluding ortho intramolecular Hbond substituents is 1. The zero-order valence-corrected chi connectivity index (χ0v) is 18.3. The van der Waals surface area contributed by atoms with E-state index in [-0.39, 0.29) is 18.8 Å². The molecule has 0 fully saturated rings. The number of aromatic hydroxyl groups is 1. The predicted molar refractivity (Wildman–Crippen MR) is 109 cm³/mol. The number of alkyl carbamates (subject to hydrolysis) is 1. The van der Waals surface area contributed by atoms with E-state index in [1.54, 1.807) is 32.9 Å². The Morgan fingerprint density at radius 3 is 2.32 bits per heavy atom. The van der Waals surface area contributed by atoms with Crippen molar-refractivity contribution in [3.63, 3.8) is 0 Å². The van der Waals surface area contributed by atoms with Crippen LogP contribution in [0.15, 0.2) is 12.1 Å². The second-order valence-electron chi connectivity index (χ2n) is 6.14. The Kier molecular flexibility index (Phi) is 8.20. The molecule has 136 valence electrons. The van der Waals surface area contributed by atoms with Gasteiger partial charge in [0.25, 0.3) is 0 Å². The largest absolute Gasteiger partial charge is 0.506 e. The number of nitriles is 1. The smallest absolute Gasteiger partial charge is 0.407 e. The van der Waals surface area contributed by atoms with Crippen LogP contribution >= 0.6 is 45.2 Å². The third-order valence-electron chi connectivity index (χ3n) is 2.95. The molecule has 0 saturated carbocycles. The maximum absolute atomic E-state index is 12.4. The fraction of sp³-hybridized carbons (Fsp3) is 0.438. The molecule has 1 aromatic rings. The number of hydrogen-bond acceptors (Lipinski definition) is 5. The standard InChI is InChI=1S/C16H19I2N3O4/c1-16(2,3)25-15(24)21-8-10(14(23)20-5-4-19)9-6-11(17)13(22)12(18)7-9/h6-7,10,22H,5,8H2,1-3H3,(H,20,23)(H,21,24)/t10-/m0/s1. The number of amides is 2. The first-order valence-electron chi connectivity index (χ1n) is 7.34. The number of phenols is 1. The topological polar surface area (TPSA) is 111 Å². The molecule has 1 aromatic carbocycles. The first-order valence-corrected chi connectivity index (χ1v) is 9.50. The average molecular weight is 571 g/mol. The molecule has 0 radical (unpaired) electrons. The summed E-state index contributed by atoms with van der Waals surface area (Å²) in [4.78, 5) is 24.2. The molecule has 1 rings (SSSR count).